The van der Waals surface area contributed by atoms with E-state index in [1.165, 1.54) is 16.8 Å². The van der Waals surface area contributed by atoms with E-state index in [2.05, 4.69) is 55.0 Å². The second kappa shape index (κ2) is 6.02. The molecular formula is C16H23N3. The molecule has 102 valence electrons. The van der Waals surface area contributed by atoms with Gasteiger partial charge in [-0.05, 0) is 32.9 Å². The molecule has 1 heterocycles. The number of benzene rings is 1. The van der Waals surface area contributed by atoms with Crippen LogP contribution < -0.4 is 5.32 Å². The van der Waals surface area contributed by atoms with Crippen LogP contribution in [0, 0.1) is 13.8 Å². The summed E-state index contributed by atoms with van der Waals surface area (Å²) in [4.78, 5) is 0. The second-order valence-corrected chi connectivity index (χ2v) is 4.98. The van der Waals surface area contributed by atoms with E-state index in [4.69, 9.17) is 5.10 Å². The van der Waals surface area contributed by atoms with Crippen molar-refractivity contribution in [3.05, 3.63) is 52.8 Å². The largest absolute Gasteiger partial charge is 0.313 e. The number of nitrogens with zero attached hydrogens (tertiary/aromatic N) is 2. The molecule has 0 fully saturated rings. The molecule has 0 saturated carbocycles. The summed E-state index contributed by atoms with van der Waals surface area (Å²) in [6.45, 7) is 7.31. The minimum Gasteiger partial charge on any atom is -0.313 e. The van der Waals surface area contributed by atoms with Crippen molar-refractivity contribution in [1.82, 2.24) is 15.1 Å². The van der Waals surface area contributed by atoms with Crippen LogP contribution in [-0.4, -0.2) is 16.8 Å². The summed E-state index contributed by atoms with van der Waals surface area (Å²) in [5, 5.41) is 8.07. The minimum atomic E-state index is 0.393. The Bertz CT molecular complexity index is 524. The van der Waals surface area contributed by atoms with Crippen LogP contribution >= 0.6 is 0 Å². The van der Waals surface area contributed by atoms with E-state index in [1.54, 1.807) is 0 Å². The van der Waals surface area contributed by atoms with Crippen LogP contribution in [0.2, 0.25) is 0 Å². The van der Waals surface area contributed by atoms with E-state index in [0.29, 0.717) is 6.04 Å². The van der Waals surface area contributed by atoms with E-state index >= 15 is 0 Å². The van der Waals surface area contributed by atoms with Gasteiger partial charge in [0.25, 0.3) is 0 Å². The fourth-order valence-electron chi connectivity index (χ4n) is 2.68. The SMILES string of the molecule is CCC(NC)c1c(C)nn(Cc2ccccc2)c1C. The van der Waals surface area contributed by atoms with Crippen molar-refractivity contribution in [3.63, 3.8) is 0 Å². The predicted octanol–water partition coefficient (Wildman–Crippen LogP) is 3.22. The number of rotatable bonds is 5. The molecule has 2 rings (SSSR count). The zero-order valence-corrected chi connectivity index (χ0v) is 12.3. The lowest BCUT2D eigenvalue weighted by molar-refractivity contribution is 0.568. The van der Waals surface area contributed by atoms with Gasteiger partial charge in [-0.1, -0.05) is 37.3 Å². The van der Waals surface area contributed by atoms with Crippen molar-refractivity contribution < 1.29 is 0 Å². The number of nitrogens with one attached hydrogen (secondary N) is 1. The smallest absolute Gasteiger partial charge is 0.0662 e. The standard InChI is InChI=1S/C16H23N3/c1-5-15(17-4)16-12(2)18-19(13(16)3)11-14-9-7-6-8-10-14/h6-10,15,17H,5,11H2,1-4H3. The number of hydrogen-bond donors (Lipinski definition) is 1. The Hall–Kier alpha value is -1.61. The molecule has 2 aromatic rings. The Morgan fingerprint density at radius 1 is 1.21 bits per heavy atom. The third-order valence-corrected chi connectivity index (χ3v) is 3.72. The normalized spacial score (nSPS) is 12.6. The van der Waals surface area contributed by atoms with Gasteiger partial charge in [-0.15, -0.1) is 0 Å². The van der Waals surface area contributed by atoms with E-state index in [1.807, 2.05) is 13.1 Å². The molecule has 0 radical (unpaired) electrons. The molecule has 1 aromatic carbocycles. The van der Waals surface area contributed by atoms with E-state index < -0.39 is 0 Å². The molecule has 0 spiro atoms. The van der Waals surface area contributed by atoms with Gasteiger partial charge in [-0.25, -0.2) is 0 Å². The number of aromatic nitrogens is 2. The first-order valence-corrected chi connectivity index (χ1v) is 6.92. The molecule has 1 N–H and O–H groups in total. The van der Waals surface area contributed by atoms with Crippen molar-refractivity contribution in [2.45, 2.75) is 39.8 Å². The molecule has 1 unspecified atom stereocenters. The first-order chi connectivity index (χ1) is 9.17. The van der Waals surface area contributed by atoms with E-state index in [-0.39, 0.29) is 0 Å². The van der Waals surface area contributed by atoms with Gasteiger partial charge in [0.1, 0.15) is 0 Å². The van der Waals surface area contributed by atoms with Crippen LogP contribution in [0.15, 0.2) is 30.3 Å². The molecule has 0 bridgehead atoms. The van der Waals surface area contributed by atoms with Gasteiger partial charge in [-0.3, -0.25) is 4.68 Å². The van der Waals surface area contributed by atoms with Crippen molar-refractivity contribution in [2.24, 2.45) is 0 Å². The lowest BCUT2D eigenvalue weighted by atomic mass is 10.0. The summed E-state index contributed by atoms with van der Waals surface area (Å²) in [5.74, 6) is 0. The zero-order valence-electron chi connectivity index (χ0n) is 12.3. The molecule has 3 heteroatoms. The predicted molar refractivity (Wildman–Crippen MR) is 79.3 cm³/mol. The zero-order chi connectivity index (χ0) is 13.8. The van der Waals surface area contributed by atoms with Crippen LogP contribution in [0.3, 0.4) is 0 Å². The summed E-state index contributed by atoms with van der Waals surface area (Å²) >= 11 is 0. The van der Waals surface area contributed by atoms with Crippen molar-refractivity contribution >= 4 is 0 Å². The van der Waals surface area contributed by atoms with Crippen LogP contribution in [0.5, 0.6) is 0 Å². The van der Waals surface area contributed by atoms with Crippen molar-refractivity contribution in [3.8, 4) is 0 Å². The lowest BCUT2D eigenvalue weighted by Gasteiger charge is -2.14. The quantitative estimate of drug-likeness (QED) is 0.891. The van der Waals surface area contributed by atoms with Crippen LogP contribution in [0.25, 0.3) is 0 Å². The maximum atomic E-state index is 4.70. The Morgan fingerprint density at radius 2 is 1.89 bits per heavy atom. The molecule has 1 aromatic heterocycles. The van der Waals surface area contributed by atoms with Crippen LogP contribution in [0.4, 0.5) is 0 Å². The van der Waals surface area contributed by atoms with E-state index in [9.17, 15) is 0 Å². The van der Waals surface area contributed by atoms with Gasteiger partial charge in [0.05, 0.1) is 12.2 Å². The molecule has 1 atom stereocenters. The summed E-state index contributed by atoms with van der Waals surface area (Å²) in [5.41, 5.74) is 5.04. The highest BCUT2D eigenvalue weighted by molar-refractivity contribution is 5.29. The van der Waals surface area contributed by atoms with Crippen molar-refractivity contribution in [2.75, 3.05) is 7.05 Å². The number of hydrogen-bond acceptors (Lipinski definition) is 2. The van der Waals surface area contributed by atoms with Gasteiger partial charge in [0, 0.05) is 17.3 Å². The monoisotopic (exact) mass is 257 g/mol. The Morgan fingerprint density at radius 3 is 2.47 bits per heavy atom. The van der Waals surface area contributed by atoms with Crippen molar-refractivity contribution in [1.29, 1.82) is 0 Å². The first kappa shape index (κ1) is 13.8. The molecular weight excluding hydrogens is 234 g/mol. The highest BCUT2D eigenvalue weighted by atomic mass is 15.3. The Labute approximate surface area is 115 Å². The summed E-state index contributed by atoms with van der Waals surface area (Å²) in [6, 6.07) is 10.9. The second-order valence-electron chi connectivity index (χ2n) is 4.98. The van der Waals surface area contributed by atoms with Crippen LogP contribution in [-0.2, 0) is 6.54 Å². The minimum absolute atomic E-state index is 0.393. The molecule has 0 saturated heterocycles. The first-order valence-electron chi connectivity index (χ1n) is 6.92. The van der Waals surface area contributed by atoms with E-state index in [0.717, 1.165) is 18.7 Å². The topological polar surface area (TPSA) is 29.9 Å². The highest BCUT2D eigenvalue weighted by Crippen LogP contribution is 2.24. The molecule has 0 aliphatic rings. The van der Waals surface area contributed by atoms with Gasteiger partial charge in [-0.2, -0.15) is 5.10 Å². The molecule has 0 aliphatic heterocycles. The summed E-state index contributed by atoms with van der Waals surface area (Å²) in [7, 11) is 2.02. The third kappa shape index (κ3) is 2.87. The number of aryl methyl sites for hydroxylation is 1. The summed E-state index contributed by atoms with van der Waals surface area (Å²) in [6.07, 6.45) is 1.08. The summed E-state index contributed by atoms with van der Waals surface area (Å²) < 4.78 is 2.11. The average Bonchev–Trinajstić information content (AvgIpc) is 2.69. The fraction of sp³-hybridized carbons (Fsp3) is 0.438. The maximum Gasteiger partial charge on any atom is 0.0662 e. The lowest BCUT2D eigenvalue weighted by Crippen LogP contribution is -2.17. The molecule has 0 amide bonds. The third-order valence-electron chi connectivity index (χ3n) is 3.72. The van der Waals surface area contributed by atoms with Gasteiger partial charge >= 0.3 is 0 Å². The molecule has 19 heavy (non-hydrogen) atoms. The van der Waals surface area contributed by atoms with Gasteiger partial charge in [0.15, 0.2) is 0 Å². The highest BCUT2D eigenvalue weighted by Gasteiger charge is 2.18. The Balaban J connectivity index is 2.31. The Kier molecular flexibility index (Phi) is 4.38. The average molecular weight is 257 g/mol. The fourth-order valence-corrected chi connectivity index (χ4v) is 2.68. The van der Waals surface area contributed by atoms with Gasteiger partial charge in [0.2, 0.25) is 0 Å². The van der Waals surface area contributed by atoms with Crippen LogP contribution in [0.1, 0.15) is 41.9 Å². The van der Waals surface area contributed by atoms with Gasteiger partial charge < -0.3 is 5.32 Å². The molecule has 0 aliphatic carbocycles. The maximum absolute atomic E-state index is 4.70. The molecule has 3 nitrogen and oxygen atoms in total.